The van der Waals surface area contributed by atoms with Crippen LogP contribution in [0.15, 0.2) is 18.2 Å². The Hall–Kier alpha value is -4.50. The molecule has 6 rings (SSSR count). The molecule has 2 aromatic heterocycles. The number of quaternary nitrogens is 1. The van der Waals surface area contributed by atoms with Crippen molar-refractivity contribution in [3.05, 3.63) is 69.1 Å². The molecule has 0 spiro atoms. The molecule has 16 heteroatoms. The molecule has 5 atom stereocenters. The molecule has 0 radical (unpaired) electrons. The van der Waals surface area contributed by atoms with E-state index in [4.69, 9.17) is 33.2 Å². The summed E-state index contributed by atoms with van der Waals surface area (Å²) in [5.41, 5.74) is 13.3. The minimum Gasteiger partial charge on any atom is -0.462 e. The number of carbonyl (C=O) groups excluding carboxylic acids is 3. The third kappa shape index (κ3) is 18.2. The van der Waals surface area contributed by atoms with Crippen LogP contribution in [0.1, 0.15) is 240 Å². The van der Waals surface area contributed by atoms with Crippen molar-refractivity contribution in [2.24, 2.45) is 0 Å². The molecule has 2 aromatic rings. The number of aromatic nitrogens is 4. The highest BCUT2D eigenvalue weighted by atomic mass is 31.2. The number of likely N-dealkylation sites (N-methyl/N-ethyl adjacent to an activating group) is 1. The molecule has 0 amide bonds. The number of ether oxygens (including phenoxy) is 3. The van der Waals surface area contributed by atoms with Crippen molar-refractivity contribution in [3.8, 4) is 0 Å². The fourth-order valence-electron chi connectivity index (χ4n) is 11.4. The lowest BCUT2D eigenvalue weighted by atomic mass is 9.85. The SMILES string of the molecule is CCCCCCCCCCCCCCCC(=O)OCC(COP(=O)(O)OCC[N+](C)(C)C)OC(=O)CCC1c2[nH]c(cc3nc(cc4[nH]c(cc5nc6c2CC(=O)C6=C5C)c(CC)c4C)C(C(C)OCCCCCC)=C3C)C1C. The Bertz CT molecular complexity index is 2730. The average Bonchev–Trinajstić information content (AvgIpc) is 4.18. The maximum atomic E-state index is 14.1. The first-order valence-corrected chi connectivity index (χ1v) is 31.6. The molecule has 3 aliphatic heterocycles. The van der Waals surface area contributed by atoms with Gasteiger partial charge >= 0.3 is 19.8 Å². The van der Waals surface area contributed by atoms with E-state index in [-0.39, 0.29) is 56.2 Å². The van der Waals surface area contributed by atoms with E-state index in [9.17, 15) is 23.8 Å². The Labute approximate surface area is 472 Å². The first-order valence-electron chi connectivity index (χ1n) is 30.1. The van der Waals surface area contributed by atoms with E-state index in [1.165, 1.54) is 69.8 Å². The van der Waals surface area contributed by atoms with Gasteiger partial charge in [-0.3, -0.25) is 23.4 Å². The summed E-state index contributed by atoms with van der Waals surface area (Å²) in [6.45, 7) is 17.2. The Morgan fingerprint density at radius 3 is 2.01 bits per heavy atom. The Balaban J connectivity index is 1.22. The van der Waals surface area contributed by atoms with Crippen LogP contribution in [-0.2, 0) is 55.0 Å². The fraction of sp³-hybridized carbons (Fsp3) is 0.667. The number of esters is 2. The van der Waals surface area contributed by atoms with E-state index in [1.54, 1.807) is 0 Å². The second-order valence-corrected chi connectivity index (χ2v) is 25.0. The van der Waals surface area contributed by atoms with Gasteiger partial charge in [0.2, 0.25) is 0 Å². The highest BCUT2D eigenvalue weighted by Crippen LogP contribution is 2.47. The van der Waals surface area contributed by atoms with Crippen molar-refractivity contribution in [3.63, 3.8) is 0 Å². The van der Waals surface area contributed by atoms with E-state index in [0.717, 1.165) is 112 Å². The smallest absolute Gasteiger partial charge is 0.462 e. The minimum absolute atomic E-state index is 0.00122. The standard InChI is InChI=1S/C63H96N5O10P/c1-12-15-17-19-20-21-22-23-24-25-26-27-28-30-58(70)75-40-47(41-77-79(72,73)76-35-33-68(9,10)11)78-59(71)32-31-49-43(5)52-37-53-44(6)60(46(8)74-34-29-18-16-13-2)56(65-53)39-51-42(4)48(14-3)55(64-51)38-54-45(7)61-57(69)36-50(62(49)66-52)63(61)67-54/h37-39,43,46-47,49H,12-36,40-41H2,1-11H3,(H2-,64,65,66,67,69,72,73)/p+1. The highest BCUT2D eigenvalue weighted by Gasteiger charge is 2.39. The van der Waals surface area contributed by atoms with Crippen LogP contribution in [0.3, 0.4) is 0 Å². The molecule has 4 aliphatic rings. The molecule has 0 saturated carbocycles. The molecule has 79 heavy (non-hydrogen) atoms. The minimum atomic E-state index is -4.55. The number of fused-ring (bicyclic) bond motifs is 8. The topological polar surface area (TPSA) is 192 Å². The number of unbranched alkanes of at least 4 members (excludes halogenated alkanes) is 15. The number of H-pyrrole nitrogens is 2. The zero-order chi connectivity index (χ0) is 57.3. The van der Waals surface area contributed by atoms with Crippen molar-refractivity contribution in [2.45, 2.75) is 221 Å². The molecular formula is C63H97N5O10P+. The summed E-state index contributed by atoms with van der Waals surface area (Å²) in [5.74, 6) is -1.44. The first kappa shape index (κ1) is 63.7. The number of aromatic amines is 2. The molecule has 5 heterocycles. The largest absolute Gasteiger partial charge is 0.472 e. The van der Waals surface area contributed by atoms with Gasteiger partial charge in [-0.05, 0) is 93.9 Å². The van der Waals surface area contributed by atoms with Crippen molar-refractivity contribution < 1.29 is 51.6 Å². The number of carbonyl (C=O) groups is 3. The summed E-state index contributed by atoms with van der Waals surface area (Å²) >= 11 is 0. The zero-order valence-electron chi connectivity index (χ0n) is 50.0. The normalized spacial score (nSPS) is 17.3. The van der Waals surface area contributed by atoms with Gasteiger partial charge in [-0.15, -0.1) is 0 Å². The summed E-state index contributed by atoms with van der Waals surface area (Å²) in [5, 5.41) is 0. The molecule has 8 bridgehead atoms. The van der Waals surface area contributed by atoms with Crippen molar-refractivity contribution in [1.82, 2.24) is 19.9 Å². The molecule has 5 unspecified atom stereocenters. The van der Waals surface area contributed by atoms with Crippen molar-refractivity contribution >= 4 is 58.9 Å². The monoisotopic (exact) mass is 1110 g/mol. The van der Waals surface area contributed by atoms with Gasteiger partial charge in [-0.2, -0.15) is 0 Å². The average molecular weight is 1120 g/mol. The van der Waals surface area contributed by atoms with Crippen LogP contribution in [0.2, 0.25) is 0 Å². The van der Waals surface area contributed by atoms with Crippen LogP contribution in [0.5, 0.6) is 0 Å². The van der Waals surface area contributed by atoms with E-state index < -0.39 is 32.5 Å². The maximum absolute atomic E-state index is 14.1. The van der Waals surface area contributed by atoms with Gasteiger partial charge in [0, 0.05) is 76.8 Å². The quantitative estimate of drug-likeness (QED) is 0.0256. The molecule has 0 fully saturated rings. The van der Waals surface area contributed by atoms with Gasteiger partial charge in [0.15, 0.2) is 11.9 Å². The summed E-state index contributed by atoms with van der Waals surface area (Å²) in [4.78, 5) is 69.8. The van der Waals surface area contributed by atoms with Gasteiger partial charge in [0.25, 0.3) is 0 Å². The lowest BCUT2D eigenvalue weighted by Crippen LogP contribution is -2.37. The number of nitrogens with one attached hydrogen (secondary N) is 2. The van der Waals surface area contributed by atoms with E-state index in [0.29, 0.717) is 41.7 Å². The Morgan fingerprint density at radius 1 is 0.747 bits per heavy atom. The van der Waals surface area contributed by atoms with Gasteiger partial charge in [0.1, 0.15) is 19.8 Å². The number of Topliss-reactive ketones (excluding diaryl/α,β-unsaturated/α-hetero) is 1. The molecule has 15 nitrogen and oxygen atoms in total. The number of aryl methyl sites for hydroxylation is 2. The highest BCUT2D eigenvalue weighted by molar-refractivity contribution is 7.47. The first-order chi connectivity index (χ1) is 37.7. The van der Waals surface area contributed by atoms with Crippen molar-refractivity contribution in [2.75, 3.05) is 54.1 Å². The van der Waals surface area contributed by atoms with E-state index >= 15 is 0 Å². The molecule has 3 N–H and O–H groups in total. The predicted molar refractivity (Wildman–Crippen MR) is 316 cm³/mol. The molecular weight excluding hydrogens is 1020 g/mol. The molecule has 1 aliphatic carbocycles. The van der Waals surface area contributed by atoms with E-state index in [2.05, 4.69) is 76.6 Å². The van der Waals surface area contributed by atoms with E-state index in [1.807, 2.05) is 28.1 Å². The van der Waals surface area contributed by atoms with Crippen LogP contribution in [0.4, 0.5) is 0 Å². The van der Waals surface area contributed by atoms with Gasteiger partial charge in [-0.1, -0.05) is 124 Å². The van der Waals surface area contributed by atoms with Crippen LogP contribution < -0.4 is 0 Å². The summed E-state index contributed by atoms with van der Waals surface area (Å²) < 4.78 is 42.3. The number of nitrogens with zero attached hydrogens (tertiary/aromatic N) is 3. The van der Waals surface area contributed by atoms with Gasteiger partial charge < -0.3 is 33.6 Å². The maximum Gasteiger partial charge on any atom is 0.472 e. The lowest BCUT2D eigenvalue weighted by molar-refractivity contribution is -0.870. The van der Waals surface area contributed by atoms with Crippen molar-refractivity contribution in [1.29, 1.82) is 0 Å². The zero-order valence-corrected chi connectivity index (χ0v) is 50.9. The fourth-order valence-corrected chi connectivity index (χ4v) is 12.1. The second-order valence-electron chi connectivity index (χ2n) is 23.6. The van der Waals surface area contributed by atoms with Gasteiger partial charge in [0.05, 0.1) is 56.6 Å². The number of hydrogen-bond acceptors (Lipinski definition) is 11. The predicted octanol–water partition coefficient (Wildman–Crippen LogP) is 14.3. The summed E-state index contributed by atoms with van der Waals surface area (Å²) in [7, 11) is 1.26. The van der Waals surface area contributed by atoms with Crippen LogP contribution in [-0.4, -0.2) is 113 Å². The third-order valence-corrected chi connectivity index (χ3v) is 17.2. The number of allylic oxidation sites excluding steroid dienone is 3. The summed E-state index contributed by atoms with van der Waals surface area (Å²) in [6, 6.07) is 6.29. The third-order valence-electron chi connectivity index (χ3n) is 16.2. The molecule has 0 saturated heterocycles. The van der Waals surface area contributed by atoms with Crippen LogP contribution >= 0.6 is 7.82 Å². The number of phosphoric acid groups is 1. The number of rotatable bonds is 35. The Kier molecular flexibility index (Phi) is 24.6. The summed E-state index contributed by atoms with van der Waals surface area (Å²) in [6.07, 6.45) is 19.9. The number of hydrogen-bond donors (Lipinski definition) is 3. The van der Waals surface area contributed by atoms with Crippen LogP contribution in [0.25, 0.3) is 33.3 Å². The second kappa shape index (κ2) is 30.5. The lowest BCUT2D eigenvalue weighted by Gasteiger charge is -2.24. The molecule has 0 aromatic carbocycles. The van der Waals surface area contributed by atoms with Gasteiger partial charge in [-0.25, -0.2) is 14.5 Å². The van der Waals surface area contributed by atoms with Crippen LogP contribution in [0, 0.1) is 6.92 Å². The Morgan fingerprint density at radius 2 is 1.37 bits per heavy atom. The molecule has 438 valence electrons. The number of ketones is 1. The number of phosphoric ester groups is 1.